The smallest absolute Gasteiger partial charge is 0.326 e. The third kappa shape index (κ3) is 4.82. The largest absolute Gasteiger partial charge is 0.351 e. The molecule has 1 aromatic rings. The van der Waals surface area contributed by atoms with Gasteiger partial charge in [-0.3, -0.25) is 14.8 Å². The maximum absolute atomic E-state index is 13.2. The molecule has 0 saturated heterocycles. The number of carbonyl (C=O) groups excluding carboxylic acids is 3. The molecule has 0 unspecified atom stereocenters. The Kier molecular flexibility index (Phi) is 6.77. The van der Waals surface area contributed by atoms with Crippen LogP contribution in [0.5, 0.6) is 0 Å². The summed E-state index contributed by atoms with van der Waals surface area (Å²) in [6.07, 6.45) is 0.559. The normalized spacial score (nSPS) is 11.6. The molecule has 3 rings (SSSR count). The Morgan fingerprint density at radius 2 is 1.60 bits per heavy atom. The van der Waals surface area contributed by atoms with Crippen molar-refractivity contribution in [3.63, 3.8) is 0 Å². The molecule has 1 atom stereocenters. The second-order valence-corrected chi connectivity index (χ2v) is 6.96. The summed E-state index contributed by atoms with van der Waals surface area (Å²) in [7, 11) is 0. The van der Waals surface area contributed by atoms with E-state index in [0.29, 0.717) is 18.5 Å². The van der Waals surface area contributed by atoms with Crippen molar-refractivity contribution in [3.05, 3.63) is 78.4 Å². The fraction of sp³-hybridized carbons (Fsp3) is 0.174. The molecule has 2 aliphatic carbocycles. The number of para-hydroxylation sites is 1. The number of fused-ring (bicyclic) bond motifs is 1. The van der Waals surface area contributed by atoms with Crippen LogP contribution in [0.4, 0.5) is 10.5 Å². The van der Waals surface area contributed by atoms with Crippen LogP contribution in [0, 0.1) is 5.92 Å². The first-order valence-corrected chi connectivity index (χ1v) is 9.59. The number of nitrogens with two attached hydrogens (primary N) is 1. The molecule has 4 N–H and O–H groups in total. The number of nitrogens with zero attached hydrogens (tertiary/aromatic N) is 1. The summed E-state index contributed by atoms with van der Waals surface area (Å²) >= 11 is 0. The zero-order chi connectivity index (χ0) is 21.5. The fourth-order valence-electron chi connectivity index (χ4n) is 3.53. The molecule has 7 heteroatoms. The standard InChI is InChI=1S/C23H23N3O4/c24-23(29)26(19-8-4-2-5-9-19)22(28)18(15-21(27)25-30)14-13-17-12-11-16-7-3-1-6-10-20(16)17/h1-12,18,30H,13-15H2,(H2,24,29)(H,25,27)/t18-/m1/s1. The second-order valence-electron chi connectivity index (χ2n) is 6.96. The third-order valence-electron chi connectivity index (χ3n) is 5.00. The number of hydroxylamine groups is 1. The van der Waals surface area contributed by atoms with E-state index in [1.54, 1.807) is 35.8 Å². The average molecular weight is 405 g/mol. The van der Waals surface area contributed by atoms with Gasteiger partial charge in [0.15, 0.2) is 0 Å². The van der Waals surface area contributed by atoms with Crippen LogP contribution >= 0.6 is 0 Å². The lowest BCUT2D eigenvalue weighted by Crippen LogP contribution is -2.45. The quantitative estimate of drug-likeness (QED) is 0.413. The summed E-state index contributed by atoms with van der Waals surface area (Å²) in [6.45, 7) is 0. The fourth-order valence-corrected chi connectivity index (χ4v) is 3.53. The number of amides is 4. The lowest BCUT2D eigenvalue weighted by molar-refractivity contribution is -0.133. The number of urea groups is 1. The monoisotopic (exact) mass is 405 g/mol. The first-order valence-electron chi connectivity index (χ1n) is 9.59. The van der Waals surface area contributed by atoms with Gasteiger partial charge < -0.3 is 5.73 Å². The highest BCUT2D eigenvalue weighted by Gasteiger charge is 2.30. The molecule has 4 amide bonds. The van der Waals surface area contributed by atoms with Gasteiger partial charge in [0.25, 0.3) is 0 Å². The summed E-state index contributed by atoms with van der Waals surface area (Å²) in [5, 5.41) is 8.94. The lowest BCUT2D eigenvalue weighted by atomic mass is 9.93. The van der Waals surface area contributed by atoms with Crippen LogP contribution in [0.2, 0.25) is 0 Å². The van der Waals surface area contributed by atoms with Gasteiger partial charge in [-0.15, -0.1) is 0 Å². The summed E-state index contributed by atoms with van der Waals surface area (Å²) in [5.74, 6) is -2.13. The van der Waals surface area contributed by atoms with Crippen molar-refractivity contribution in [1.29, 1.82) is 0 Å². The molecule has 0 spiro atoms. The van der Waals surface area contributed by atoms with E-state index in [1.165, 1.54) is 0 Å². The molecule has 0 aromatic heterocycles. The summed E-state index contributed by atoms with van der Waals surface area (Å²) < 4.78 is 0. The number of imide groups is 1. The van der Waals surface area contributed by atoms with Gasteiger partial charge in [0, 0.05) is 12.3 Å². The van der Waals surface area contributed by atoms with E-state index in [1.807, 2.05) is 42.5 Å². The van der Waals surface area contributed by atoms with Crippen molar-refractivity contribution in [2.24, 2.45) is 11.7 Å². The van der Waals surface area contributed by atoms with Crippen LogP contribution < -0.4 is 16.1 Å². The van der Waals surface area contributed by atoms with E-state index < -0.39 is 23.8 Å². The van der Waals surface area contributed by atoms with E-state index in [4.69, 9.17) is 10.9 Å². The highest BCUT2D eigenvalue weighted by molar-refractivity contribution is 6.14. The molecule has 30 heavy (non-hydrogen) atoms. The molecule has 0 bridgehead atoms. The van der Waals surface area contributed by atoms with Crippen LogP contribution in [-0.2, 0) is 16.0 Å². The predicted molar refractivity (Wildman–Crippen MR) is 113 cm³/mol. The van der Waals surface area contributed by atoms with Gasteiger partial charge >= 0.3 is 6.03 Å². The van der Waals surface area contributed by atoms with Crippen LogP contribution in [0.25, 0.3) is 11.1 Å². The number of rotatable bonds is 7. The maximum atomic E-state index is 13.2. The van der Waals surface area contributed by atoms with Gasteiger partial charge in [-0.1, -0.05) is 60.7 Å². The molecule has 1 aromatic carbocycles. The van der Waals surface area contributed by atoms with Gasteiger partial charge in [0.2, 0.25) is 11.8 Å². The number of hydrogen-bond acceptors (Lipinski definition) is 4. The van der Waals surface area contributed by atoms with Crippen molar-refractivity contribution in [3.8, 4) is 11.1 Å². The molecule has 0 heterocycles. The lowest BCUT2D eigenvalue weighted by Gasteiger charge is -2.24. The third-order valence-corrected chi connectivity index (χ3v) is 5.00. The van der Waals surface area contributed by atoms with Crippen LogP contribution in [-0.4, -0.2) is 23.1 Å². The number of hydrogen-bond donors (Lipinski definition) is 3. The van der Waals surface area contributed by atoms with E-state index in [9.17, 15) is 14.4 Å². The summed E-state index contributed by atoms with van der Waals surface area (Å²) in [5.41, 5.74) is 10.5. The minimum atomic E-state index is -0.925. The molecule has 0 radical (unpaired) electrons. The number of benzene rings is 1. The highest BCUT2D eigenvalue weighted by Crippen LogP contribution is 2.29. The van der Waals surface area contributed by atoms with E-state index in [2.05, 4.69) is 0 Å². The Labute approximate surface area is 174 Å². The number of primary amides is 1. The van der Waals surface area contributed by atoms with Gasteiger partial charge in [-0.2, -0.15) is 0 Å². The van der Waals surface area contributed by atoms with E-state index in [0.717, 1.165) is 21.6 Å². The van der Waals surface area contributed by atoms with Crippen molar-refractivity contribution in [1.82, 2.24) is 5.48 Å². The molecule has 7 nitrogen and oxygen atoms in total. The number of aryl methyl sites for hydroxylation is 1. The van der Waals surface area contributed by atoms with Crippen molar-refractivity contribution in [2.45, 2.75) is 19.3 Å². The average Bonchev–Trinajstić information content (AvgIpc) is 2.97. The van der Waals surface area contributed by atoms with Gasteiger partial charge in [-0.25, -0.2) is 15.2 Å². The highest BCUT2D eigenvalue weighted by atomic mass is 16.5. The van der Waals surface area contributed by atoms with E-state index >= 15 is 0 Å². The number of nitrogens with one attached hydrogen (secondary N) is 1. The Morgan fingerprint density at radius 1 is 0.933 bits per heavy atom. The number of anilines is 1. The minimum absolute atomic E-state index is 0.266. The summed E-state index contributed by atoms with van der Waals surface area (Å²) in [6, 6.07) is 21.2. The second kappa shape index (κ2) is 9.67. The molecular weight excluding hydrogens is 382 g/mol. The van der Waals surface area contributed by atoms with Crippen molar-refractivity contribution in [2.75, 3.05) is 4.90 Å². The van der Waals surface area contributed by atoms with E-state index in [-0.39, 0.29) is 6.42 Å². The van der Waals surface area contributed by atoms with Gasteiger partial charge in [0.05, 0.1) is 5.69 Å². The van der Waals surface area contributed by atoms with Gasteiger partial charge in [-0.05, 0) is 41.7 Å². The van der Waals surface area contributed by atoms with Crippen LogP contribution in [0.1, 0.15) is 18.4 Å². The van der Waals surface area contributed by atoms with Gasteiger partial charge in [0.1, 0.15) is 0 Å². The molecule has 2 aliphatic rings. The molecular formula is C23H23N3O4. The Balaban J connectivity index is 1.84. The zero-order valence-electron chi connectivity index (χ0n) is 16.3. The maximum Gasteiger partial charge on any atom is 0.326 e. The predicted octanol–water partition coefficient (Wildman–Crippen LogP) is 3.35. The van der Waals surface area contributed by atoms with Crippen molar-refractivity contribution >= 4 is 23.5 Å². The summed E-state index contributed by atoms with van der Waals surface area (Å²) in [4.78, 5) is 37.9. The Hall–Kier alpha value is -3.71. The SMILES string of the molecule is NC(=O)N(C(=O)[C@H](CCc1ccc2cccccc1-2)CC(=O)NO)c1ccccc1. The zero-order valence-corrected chi connectivity index (χ0v) is 16.3. The first kappa shape index (κ1) is 21.0. The first-order chi connectivity index (χ1) is 14.5. The minimum Gasteiger partial charge on any atom is -0.351 e. The number of carbonyl (C=O) groups is 3. The molecule has 0 fully saturated rings. The van der Waals surface area contributed by atoms with Crippen molar-refractivity contribution < 1.29 is 19.6 Å². The van der Waals surface area contributed by atoms with Crippen LogP contribution in [0.15, 0.2) is 72.8 Å². The van der Waals surface area contributed by atoms with Crippen LogP contribution in [0.3, 0.4) is 0 Å². The Morgan fingerprint density at radius 3 is 2.27 bits per heavy atom. The molecule has 0 saturated carbocycles. The Bertz CT molecular complexity index is 1010. The molecule has 0 aliphatic heterocycles. The topological polar surface area (TPSA) is 113 Å². The molecule has 154 valence electrons.